The summed E-state index contributed by atoms with van der Waals surface area (Å²) in [6.45, 7) is 14.1. The predicted octanol–water partition coefficient (Wildman–Crippen LogP) is 4.76. The molecule has 1 nitrogen and oxygen atoms in total. The fourth-order valence-corrected chi connectivity index (χ4v) is 3.75. The van der Waals surface area contributed by atoms with Gasteiger partial charge in [0.25, 0.3) is 0 Å². The van der Waals surface area contributed by atoms with Gasteiger partial charge in [0.1, 0.15) is 0 Å². The van der Waals surface area contributed by atoms with Crippen molar-refractivity contribution in [1.82, 2.24) is 5.32 Å². The molecule has 1 aliphatic carbocycles. The van der Waals surface area contributed by atoms with Crippen molar-refractivity contribution in [2.24, 2.45) is 11.3 Å². The van der Waals surface area contributed by atoms with Gasteiger partial charge in [0.2, 0.25) is 0 Å². The molecule has 0 radical (unpaired) electrons. The molecule has 1 saturated carbocycles. The van der Waals surface area contributed by atoms with Crippen LogP contribution in [0.15, 0.2) is 0 Å². The molecule has 17 heavy (non-hydrogen) atoms. The maximum Gasteiger partial charge on any atom is 0.0132 e. The number of nitrogens with one attached hydrogen (secondary N) is 1. The molecule has 1 N–H and O–H groups in total. The molecule has 0 aromatic rings. The van der Waals surface area contributed by atoms with Crippen LogP contribution in [0.25, 0.3) is 0 Å². The molecule has 1 atom stereocenters. The lowest BCUT2D eigenvalue weighted by Crippen LogP contribution is -2.49. The van der Waals surface area contributed by atoms with Crippen LogP contribution in [-0.2, 0) is 0 Å². The van der Waals surface area contributed by atoms with Crippen molar-refractivity contribution in [1.29, 1.82) is 0 Å². The lowest BCUT2D eigenvalue weighted by atomic mass is 9.79. The second kappa shape index (κ2) is 5.73. The Bertz CT molecular complexity index is 218. The van der Waals surface area contributed by atoms with Gasteiger partial charge < -0.3 is 5.32 Å². The second-order valence-corrected chi connectivity index (χ2v) is 7.95. The van der Waals surface area contributed by atoms with Gasteiger partial charge in [-0.2, -0.15) is 0 Å². The van der Waals surface area contributed by atoms with E-state index in [1.54, 1.807) is 0 Å². The summed E-state index contributed by atoms with van der Waals surface area (Å²) < 4.78 is 0. The van der Waals surface area contributed by atoms with E-state index >= 15 is 0 Å². The average Bonchev–Trinajstić information content (AvgIpc) is 2.14. The minimum absolute atomic E-state index is 0.259. The van der Waals surface area contributed by atoms with Gasteiger partial charge in [0.15, 0.2) is 0 Å². The first kappa shape index (κ1) is 15.0. The molecule has 1 fully saturated rings. The molecule has 0 saturated heterocycles. The zero-order chi connectivity index (χ0) is 13.1. The Hall–Kier alpha value is -0.0400. The van der Waals surface area contributed by atoms with Crippen LogP contribution < -0.4 is 5.32 Å². The van der Waals surface area contributed by atoms with Gasteiger partial charge in [-0.05, 0) is 51.4 Å². The average molecular weight is 239 g/mol. The summed E-state index contributed by atoms with van der Waals surface area (Å²) in [4.78, 5) is 0. The van der Waals surface area contributed by atoms with Crippen LogP contribution in [0.1, 0.15) is 80.1 Å². The summed E-state index contributed by atoms with van der Waals surface area (Å²) in [7, 11) is 0. The summed E-state index contributed by atoms with van der Waals surface area (Å²) in [6.07, 6.45) is 8.43. The molecular formula is C16H33N. The molecule has 0 aromatic carbocycles. The van der Waals surface area contributed by atoms with Crippen molar-refractivity contribution < 1.29 is 0 Å². The highest BCUT2D eigenvalue weighted by atomic mass is 15.0. The van der Waals surface area contributed by atoms with Gasteiger partial charge in [0.05, 0.1) is 0 Å². The summed E-state index contributed by atoms with van der Waals surface area (Å²) in [5.41, 5.74) is 0.665. The third-order valence-corrected chi connectivity index (χ3v) is 3.95. The second-order valence-electron chi connectivity index (χ2n) is 7.95. The van der Waals surface area contributed by atoms with Crippen LogP contribution in [0.4, 0.5) is 0 Å². The first-order valence-corrected chi connectivity index (χ1v) is 7.47. The van der Waals surface area contributed by atoms with Crippen molar-refractivity contribution in [2.45, 2.75) is 91.6 Å². The van der Waals surface area contributed by atoms with Crippen LogP contribution >= 0.6 is 0 Å². The molecule has 1 rings (SSSR count). The van der Waals surface area contributed by atoms with Gasteiger partial charge in [-0.15, -0.1) is 0 Å². The van der Waals surface area contributed by atoms with Crippen molar-refractivity contribution in [3.05, 3.63) is 0 Å². The molecule has 1 unspecified atom stereocenters. The van der Waals surface area contributed by atoms with E-state index in [1.165, 1.54) is 38.5 Å². The molecule has 102 valence electrons. The van der Waals surface area contributed by atoms with Crippen LogP contribution in [-0.4, -0.2) is 11.6 Å². The topological polar surface area (TPSA) is 12.0 Å². The van der Waals surface area contributed by atoms with Crippen LogP contribution in [0, 0.1) is 11.3 Å². The third kappa shape index (κ3) is 5.90. The smallest absolute Gasteiger partial charge is 0.0132 e. The Morgan fingerprint density at radius 2 is 1.53 bits per heavy atom. The van der Waals surface area contributed by atoms with Gasteiger partial charge >= 0.3 is 0 Å². The van der Waals surface area contributed by atoms with Crippen molar-refractivity contribution >= 4 is 0 Å². The first-order chi connectivity index (χ1) is 7.70. The Morgan fingerprint density at radius 1 is 1.00 bits per heavy atom. The minimum Gasteiger partial charge on any atom is -0.309 e. The SMILES string of the molecule is CC(NC(C)(C)CC(C)(C)C)C1CCCCC1. The lowest BCUT2D eigenvalue weighted by Gasteiger charge is -2.39. The van der Waals surface area contributed by atoms with E-state index in [-0.39, 0.29) is 5.54 Å². The number of rotatable bonds is 4. The van der Waals surface area contributed by atoms with Crippen molar-refractivity contribution in [2.75, 3.05) is 0 Å². The molecule has 1 heteroatoms. The summed E-state index contributed by atoms with van der Waals surface area (Å²) in [5.74, 6) is 0.906. The van der Waals surface area contributed by atoms with E-state index in [0.717, 1.165) is 5.92 Å². The standard InChI is InChI=1S/C16H33N/c1-13(14-10-8-7-9-11-14)17-16(5,6)12-15(2,3)4/h13-14,17H,7-12H2,1-6H3. The monoisotopic (exact) mass is 239 g/mol. The van der Waals surface area contributed by atoms with E-state index in [0.29, 0.717) is 11.5 Å². The highest BCUT2D eigenvalue weighted by Crippen LogP contribution is 2.30. The quantitative estimate of drug-likeness (QED) is 0.746. The van der Waals surface area contributed by atoms with E-state index in [2.05, 4.69) is 46.9 Å². The normalized spacial score (nSPS) is 21.5. The molecule has 0 amide bonds. The van der Waals surface area contributed by atoms with Crippen LogP contribution in [0.2, 0.25) is 0 Å². The van der Waals surface area contributed by atoms with Crippen LogP contribution in [0.3, 0.4) is 0 Å². The van der Waals surface area contributed by atoms with Gasteiger partial charge in [-0.3, -0.25) is 0 Å². The molecule has 0 aliphatic heterocycles. The Labute approximate surface area is 109 Å². The van der Waals surface area contributed by atoms with Crippen LogP contribution in [0.5, 0.6) is 0 Å². The maximum atomic E-state index is 3.88. The Kier molecular flexibility index (Phi) is 5.07. The highest BCUT2D eigenvalue weighted by molar-refractivity contribution is 4.88. The number of hydrogen-bond donors (Lipinski definition) is 1. The molecule has 0 heterocycles. The van der Waals surface area contributed by atoms with E-state index in [4.69, 9.17) is 0 Å². The fourth-order valence-electron chi connectivity index (χ4n) is 3.75. The summed E-state index contributed by atoms with van der Waals surface area (Å²) in [6, 6.07) is 0.674. The zero-order valence-electron chi connectivity index (χ0n) is 12.9. The van der Waals surface area contributed by atoms with Gasteiger partial charge in [-0.25, -0.2) is 0 Å². The van der Waals surface area contributed by atoms with Gasteiger partial charge in [-0.1, -0.05) is 40.0 Å². The molecule has 0 bridgehead atoms. The zero-order valence-corrected chi connectivity index (χ0v) is 12.9. The van der Waals surface area contributed by atoms with E-state index < -0.39 is 0 Å². The fraction of sp³-hybridized carbons (Fsp3) is 1.00. The van der Waals surface area contributed by atoms with Gasteiger partial charge in [0, 0.05) is 11.6 Å². The maximum absolute atomic E-state index is 3.88. The van der Waals surface area contributed by atoms with Crippen molar-refractivity contribution in [3.8, 4) is 0 Å². The molecule has 0 spiro atoms. The first-order valence-electron chi connectivity index (χ1n) is 7.47. The summed E-state index contributed by atoms with van der Waals surface area (Å²) in [5, 5.41) is 3.88. The predicted molar refractivity (Wildman–Crippen MR) is 77.3 cm³/mol. The highest BCUT2D eigenvalue weighted by Gasteiger charge is 2.29. The Balaban J connectivity index is 2.45. The lowest BCUT2D eigenvalue weighted by molar-refractivity contribution is 0.185. The molecular weight excluding hydrogens is 206 g/mol. The number of hydrogen-bond acceptors (Lipinski definition) is 1. The third-order valence-electron chi connectivity index (χ3n) is 3.95. The van der Waals surface area contributed by atoms with Crippen molar-refractivity contribution in [3.63, 3.8) is 0 Å². The molecule has 0 aromatic heterocycles. The largest absolute Gasteiger partial charge is 0.309 e. The minimum atomic E-state index is 0.259. The summed E-state index contributed by atoms with van der Waals surface area (Å²) >= 11 is 0. The van der Waals surface area contributed by atoms with E-state index in [1.807, 2.05) is 0 Å². The molecule has 1 aliphatic rings. The Morgan fingerprint density at radius 3 is 2.00 bits per heavy atom. The van der Waals surface area contributed by atoms with E-state index in [9.17, 15) is 0 Å².